The lowest BCUT2D eigenvalue weighted by Gasteiger charge is -2.14. The summed E-state index contributed by atoms with van der Waals surface area (Å²) < 4.78 is 32.5. The summed E-state index contributed by atoms with van der Waals surface area (Å²) in [6.07, 6.45) is 1.96. The average molecular weight is 299 g/mol. The Bertz CT molecular complexity index is 703. The maximum Gasteiger partial charge on any atom is 0.246 e. The zero-order valence-electron chi connectivity index (χ0n) is 11.9. The van der Waals surface area contributed by atoms with E-state index in [4.69, 9.17) is 4.52 Å². The molecule has 0 bridgehead atoms. The van der Waals surface area contributed by atoms with Crippen molar-refractivity contribution in [2.45, 2.75) is 31.7 Å². The molecule has 0 saturated carbocycles. The van der Waals surface area contributed by atoms with Crippen LogP contribution in [0.4, 0.5) is 0 Å². The van der Waals surface area contributed by atoms with Gasteiger partial charge < -0.3 is 4.52 Å². The third-order valence-corrected chi connectivity index (χ3v) is 4.96. The summed E-state index contributed by atoms with van der Waals surface area (Å²) in [6, 6.07) is 0. The zero-order chi connectivity index (χ0) is 14.9. The van der Waals surface area contributed by atoms with E-state index in [1.807, 2.05) is 6.92 Å². The Balaban J connectivity index is 2.23. The molecule has 8 nitrogen and oxygen atoms in total. The van der Waals surface area contributed by atoms with Gasteiger partial charge in [-0.05, 0) is 6.92 Å². The van der Waals surface area contributed by atoms with Crippen molar-refractivity contribution >= 4 is 10.0 Å². The molecule has 0 spiro atoms. The molecule has 0 aliphatic carbocycles. The van der Waals surface area contributed by atoms with Crippen LogP contribution in [0.5, 0.6) is 0 Å². The molecule has 0 fully saturated rings. The molecule has 2 heterocycles. The van der Waals surface area contributed by atoms with Gasteiger partial charge in [0.05, 0.1) is 18.4 Å². The minimum absolute atomic E-state index is 0.0557. The number of hydrogen-bond acceptors (Lipinski definition) is 6. The largest absolute Gasteiger partial charge is 0.339 e. The van der Waals surface area contributed by atoms with Gasteiger partial charge in [0.15, 0.2) is 5.82 Å². The smallest absolute Gasteiger partial charge is 0.246 e. The maximum atomic E-state index is 12.4. The molecule has 20 heavy (non-hydrogen) atoms. The highest BCUT2D eigenvalue weighted by molar-refractivity contribution is 7.89. The normalized spacial score (nSPS) is 12.2. The molecule has 2 rings (SSSR count). The van der Waals surface area contributed by atoms with E-state index < -0.39 is 10.0 Å². The van der Waals surface area contributed by atoms with Crippen molar-refractivity contribution in [2.75, 3.05) is 7.05 Å². The summed E-state index contributed by atoms with van der Waals surface area (Å²) in [5.74, 6) is 0.831. The number of aromatic nitrogens is 4. The van der Waals surface area contributed by atoms with Gasteiger partial charge in [-0.15, -0.1) is 0 Å². The van der Waals surface area contributed by atoms with E-state index in [1.54, 1.807) is 14.0 Å². The van der Waals surface area contributed by atoms with Crippen LogP contribution in [0.15, 0.2) is 15.6 Å². The molecule has 110 valence electrons. The summed E-state index contributed by atoms with van der Waals surface area (Å²) in [4.78, 5) is 4.28. The van der Waals surface area contributed by atoms with E-state index >= 15 is 0 Å². The van der Waals surface area contributed by atoms with E-state index in [9.17, 15) is 8.42 Å². The van der Waals surface area contributed by atoms with Gasteiger partial charge in [0.2, 0.25) is 15.9 Å². The highest BCUT2D eigenvalue weighted by atomic mass is 32.2. The predicted octanol–water partition coefficient (Wildman–Crippen LogP) is 0.495. The monoisotopic (exact) mass is 299 g/mol. The molecule has 0 aliphatic rings. The van der Waals surface area contributed by atoms with Gasteiger partial charge in [-0.25, -0.2) is 8.42 Å². The van der Waals surface area contributed by atoms with Crippen LogP contribution in [0.2, 0.25) is 0 Å². The fourth-order valence-electron chi connectivity index (χ4n) is 1.68. The number of nitrogens with zero attached hydrogens (tertiary/aromatic N) is 5. The molecule has 2 aromatic heterocycles. The molecule has 0 radical (unpaired) electrons. The number of sulfonamides is 1. The molecule has 0 N–H and O–H groups in total. The van der Waals surface area contributed by atoms with Gasteiger partial charge >= 0.3 is 0 Å². The second kappa shape index (κ2) is 5.33. The molecule has 0 amide bonds. The van der Waals surface area contributed by atoms with Gasteiger partial charge in [-0.3, -0.25) is 4.68 Å². The van der Waals surface area contributed by atoms with Crippen LogP contribution in [0, 0.1) is 6.92 Å². The van der Waals surface area contributed by atoms with E-state index in [-0.39, 0.29) is 11.4 Å². The van der Waals surface area contributed by atoms with E-state index in [2.05, 4.69) is 15.2 Å². The zero-order valence-corrected chi connectivity index (χ0v) is 12.7. The fourth-order valence-corrected chi connectivity index (χ4v) is 2.99. The quantitative estimate of drug-likeness (QED) is 0.797. The van der Waals surface area contributed by atoms with Gasteiger partial charge in [0, 0.05) is 20.5 Å². The van der Waals surface area contributed by atoms with Crippen molar-refractivity contribution < 1.29 is 12.9 Å². The van der Waals surface area contributed by atoms with Crippen LogP contribution in [0.25, 0.3) is 0 Å². The van der Waals surface area contributed by atoms with Crippen LogP contribution >= 0.6 is 0 Å². The fraction of sp³-hybridized carbons (Fsp3) is 0.545. The van der Waals surface area contributed by atoms with E-state index in [0.29, 0.717) is 23.8 Å². The summed E-state index contributed by atoms with van der Waals surface area (Å²) in [5, 5.41) is 7.70. The van der Waals surface area contributed by atoms with Crippen LogP contribution in [-0.4, -0.2) is 39.7 Å². The Kier molecular flexibility index (Phi) is 3.91. The first kappa shape index (κ1) is 14.7. The highest BCUT2D eigenvalue weighted by Crippen LogP contribution is 2.19. The Labute approximate surface area is 117 Å². The predicted molar refractivity (Wildman–Crippen MR) is 70.3 cm³/mol. The molecular weight excluding hydrogens is 282 g/mol. The maximum absolute atomic E-state index is 12.4. The Morgan fingerprint density at radius 1 is 1.45 bits per heavy atom. The third kappa shape index (κ3) is 2.59. The summed E-state index contributed by atoms with van der Waals surface area (Å²) in [5.41, 5.74) is 0.583. The first-order chi connectivity index (χ1) is 9.36. The SMILES string of the molecule is CCc1nc(CN(C)S(=O)(=O)c2cnn(C)c2C)no1. The molecule has 0 aromatic carbocycles. The van der Waals surface area contributed by atoms with Crippen molar-refractivity contribution in [3.63, 3.8) is 0 Å². The lowest BCUT2D eigenvalue weighted by molar-refractivity contribution is 0.368. The van der Waals surface area contributed by atoms with Crippen molar-refractivity contribution in [3.05, 3.63) is 23.6 Å². The topological polar surface area (TPSA) is 94.1 Å². The number of rotatable bonds is 5. The summed E-state index contributed by atoms with van der Waals surface area (Å²) >= 11 is 0. The minimum Gasteiger partial charge on any atom is -0.339 e. The van der Waals surface area contributed by atoms with Gasteiger partial charge in [0.25, 0.3) is 0 Å². The van der Waals surface area contributed by atoms with Crippen LogP contribution in [-0.2, 0) is 30.0 Å². The minimum atomic E-state index is -3.62. The standard InChI is InChI=1S/C11H17N5O3S/c1-5-11-13-10(14-19-11)7-15(3)20(17,18)9-6-12-16(4)8(9)2/h6H,5,7H2,1-4H3. The van der Waals surface area contributed by atoms with Gasteiger partial charge in [0.1, 0.15) is 4.90 Å². The van der Waals surface area contributed by atoms with Crippen LogP contribution in [0.1, 0.15) is 24.3 Å². The van der Waals surface area contributed by atoms with Crippen molar-refractivity contribution in [1.82, 2.24) is 24.2 Å². The number of aryl methyl sites for hydroxylation is 2. The van der Waals surface area contributed by atoms with E-state index in [0.717, 1.165) is 0 Å². The van der Waals surface area contributed by atoms with Crippen molar-refractivity contribution in [1.29, 1.82) is 0 Å². The average Bonchev–Trinajstić information content (AvgIpc) is 2.98. The third-order valence-electron chi connectivity index (χ3n) is 3.06. The van der Waals surface area contributed by atoms with Crippen molar-refractivity contribution in [3.8, 4) is 0 Å². The first-order valence-corrected chi connectivity index (χ1v) is 7.56. The Morgan fingerprint density at radius 3 is 2.65 bits per heavy atom. The summed E-state index contributed by atoms with van der Waals surface area (Å²) in [6.45, 7) is 3.65. The van der Waals surface area contributed by atoms with Gasteiger partial charge in [-0.1, -0.05) is 12.1 Å². The Morgan fingerprint density at radius 2 is 2.15 bits per heavy atom. The number of hydrogen-bond donors (Lipinski definition) is 0. The second-order valence-electron chi connectivity index (χ2n) is 4.44. The van der Waals surface area contributed by atoms with Crippen LogP contribution < -0.4 is 0 Å². The van der Waals surface area contributed by atoms with Crippen molar-refractivity contribution in [2.24, 2.45) is 7.05 Å². The molecule has 0 aliphatic heterocycles. The molecule has 9 heteroatoms. The highest BCUT2D eigenvalue weighted by Gasteiger charge is 2.26. The molecule has 2 aromatic rings. The lowest BCUT2D eigenvalue weighted by atomic mass is 10.5. The van der Waals surface area contributed by atoms with Gasteiger partial charge in [-0.2, -0.15) is 14.4 Å². The first-order valence-electron chi connectivity index (χ1n) is 6.12. The lowest BCUT2D eigenvalue weighted by Crippen LogP contribution is -2.27. The molecule has 0 atom stereocenters. The molecule has 0 saturated heterocycles. The van der Waals surface area contributed by atoms with Crippen LogP contribution in [0.3, 0.4) is 0 Å². The second-order valence-corrected chi connectivity index (χ2v) is 6.45. The molecular formula is C11H17N5O3S. The summed E-state index contributed by atoms with van der Waals surface area (Å²) in [7, 11) is -0.445. The van der Waals surface area contributed by atoms with E-state index in [1.165, 1.54) is 22.2 Å². The molecule has 0 unspecified atom stereocenters. The Hall–Kier alpha value is -1.74.